The largest absolute Gasteiger partial charge is 0.391 e. The highest BCUT2D eigenvalue weighted by Gasteiger charge is 2.42. The smallest absolute Gasteiger partial charge is 0.0695 e. The van der Waals surface area contributed by atoms with Gasteiger partial charge < -0.3 is 5.11 Å². The Bertz CT molecular complexity index is 142. The van der Waals surface area contributed by atoms with Gasteiger partial charge in [0.15, 0.2) is 0 Å². The number of hydrogen-bond acceptors (Lipinski definition) is 3. The van der Waals surface area contributed by atoms with Gasteiger partial charge >= 0.3 is 0 Å². The molecule has 0 bridgehead atoms. The van der Waals surface area contributed by atoms with Crippen LogP contribution in [0.5, 0.6) is 0 Å². The molecule has 58 valence electrons. The summed E-state index contributed by atoms with van der Waals surface area (Å²) in [6.45, 7) is 1.07. The molecule has 0 radical (unpaired) electrons. The molecule has 2 aliphatic rings. The third kappa shape index (κ3) is 1.06. The fourth-order valence-electron chi connectivity index (χ4n) is 1.81. The topological polar surface area (TPSA) is 23.2 Å². The quantitative estimate of drug-likeness (QED) is 0.429. The fourth-order valence-corrected chi connectivity index (χ4v) is 2.17. The van der Waals surface area contributed by atoms with Crippen LogP contribution in [0.1, 0.15) is 19.3 Å². The highest BCUT2D eigenvalue weighted by atomic mass is 32.1. The maximum absolute atomic E-state index is 9.44. The zero-order valence-electron chi connectivity index (χ0n) is 5.90. The number of aliphatic hydroxyl groups is 1. The number of nitrogens with zero attached hydrogens (tertiary/aromatic N) is 1. The van der Waals surface area contributed by atoms with E-state index >= 15 is 0 Å². The molecule has 10 heavy (non-hydrogen) atoms. The standard InChI is InChI=1S/C7H13NOS/c9-6-3-1-2-5(6)8-4-7(8)10/h5-7,9-10H,1-4H2. The molecule has 1 aliphatic carbocycles. The first kappa shape index (κ1) is 6.95. The van der Waals surface area contributed by atoms with Crippen LogP contribution >= 0.6 is 12.6 Å². The molecule has 1 heterocycles. The van der Waals surface area contributed by atoms with E-state index in [4.69, 9.17) is 0 Å². The van der Waals surface area contributed by atoms with Crippen LogP contribution in [0.25, 0.3) is 0 Å². The molecule has 1 saturated heterocycles. The Morgan fingerprint density at radius 2 is 2.10 bits per heavy atom. The summed E-state index contributed by atoms with van der Waals surface area (Å²) in [5, 5.41) is 9.88. The second kappa shape index (κ2) is 2.40. The highest BCUT2D eigenvalue weighted by molar-refractivity contribution is 7.81. The van der Waals surface area contributed by atoms with Crippen LogP contribution in [0.3, 0.4) is 0 Å². The SMILES string of the molecule is OC1CCCC1N1CC1S. The number of rotatable bonds is 1. The summed E-state index contributed by atoms with van der Waals surface area (Å²) in [4.78, 5) is 2.26. The van der Waals surface area contributed by atoms with E-state index < -0.39 is 0 Å². The average Bonchev–Trinajstić information content (AvgIpc) is 2.42. The van der Waals surface area contributed by atoms with E-state index in [0.29, 0.717) is 11.4 Å². The van der Waals surface area contributed by atoms with Crippen LogP contribution in [0.2, 0.25) is 0 Å². The molecule has 1 aliphatic heterocycles. The number of aliphatic hydroxyl groups excluding tert-OH is 1. The molecular formula is C7H13NOS. The highest BCUT2D eigenvalue weighted by Crippen LogP contribution is 2.33. The van der Waals surface area contributed by atoms with Crippen molar-refractivity contribution in [3.8, 4) is 0 Å². The van der Waals surface area contributed by atoms with Gasteiger partial charge in [-0.2, -0.15) is 12.6 Å². The van der Waals surface area contributed by atoms with Crippen molar-refractivity contribution >= 4 is 12.6 Å². The summed E-state index contributed by atoms with van der Waals surface area (Å²) in [6.07, 6.45) is 3.26. The summed E-state index contributed by atoms with van der Waals surface area (Å²) < 4.78 is 0. The van der Waals surface area contributed by atoms with Gasteiger partial charge in [0.25, 0.3) is 0 Å². The first-order valence-corrected chi connectivity index (χ1v) is 4.42. The zero-order chi connectivity index (χ0) is 7.14. The molecule has 2 rings (SSSR count). The second-order valence-electron chi connectivity index (χ2n) is 3.24. The molecule has 2 fully saturated rings. The molecule has 0 aromatic rings. The monoisotopic (exact) mass is 159 g/mol. The van der Waals surface area contributed by atoms with Crippen molar-refractivity contribution in [2.75, 3.05) is 6.54 Å². The molecule has 4 unspecified atom stereocenters. The van der Waals surface area contributed by atoms with Gasteiger partial charge in [-0.1, -0.05) is 0 Å². The lowest BCUT2D eigenvalue weighted by molar-refractivity contribution is 0.123. The zero-order valence-corrected chi connectivity index (χ0v) is 6.80. The summed E-state index contributed by atoms with van der Waals surface area (Å²) >= 11 is 4.30. The Balaban J connectivity index is 1.92. The summed E-state index contributed by atoms with van der Waals surface area (Å²) in [7, 11) is 0. The van der Waals surface area contributed by atoms with Crippen molar-refractivity contribution in [2.24, 2.45) is 0 Å². The number of hydrogen-bond donors (Lipinski definition) is 2. The van der Waals surface area contributed by atoms with Crippen LogP contribution in [0.4, 0.5) is 0 Å². The lowest BCUT2D eigenvalue weighted by Crippen LogP contribution is -2.28. The van der Waals surface area contributed by atoms with E-state index in [0.717, 1.165) is 19.4 Å². The number of thiol groups is 1. The molecule has 1 N–H and O–H groups in total. The molecule has 4 atom stereocenters. The van der Waals surface area contributed by atoms with Crippen molar-refractivity contribution in [1.29, 1.82) is 0 Å². The van der Waals surface area contributed by atoms with Gasteiger partial charge in [0.2, 0.25) is 0 Å². The Morgan fingerprint density at radius 1 is 1.40 bits per heavy atom. The van der Waals surface area contributed by atoms with Gasteiger partial charge in [0.05, 0.1) is 11.5 Å². The summed E-state index contributed by atoms with van der Waals surface area (Å²) in [5.74, 6) is 0. The van der Waals surface area contributed by atoms with E-state index in [1.807, 2.05) is 0 Å². The second-order valence-corrected chi connectivity index (χ2v) is 3.84. The molecule has 0 amide bonds. The summed E-state index contributed by atoms with van der Waals surface area (Å²) in [5.41, 5.74) is 0. The molecule has 1 saturated carbocycles. The Labute approximate surface area is 66.6 Å². The maximum Gasteiger partial charge on any atom is 0.0695 e. The fraction of sp³-hybridized carbons (Fsp3) is 1.00. The van der Waals surface area contributed by atoms with Crippen molar-refractivity contribution in [3.63, 3.8) is 0 Å². The maximum atomic E-state index is 9.44. The van der Waals surface area contributed by atoms with Gasteiger partial charge in [0.1, 0.15) is 0 Å². The molecule has 3 heteroatoms. The third-order valence-electron chi connectivity index (χ3n) is 2.49. The summed E-state index contributed by atoms with van der Waals surface area (Å²) in [6, 6.07) is 0.433. The lowest BCUT2D eigenvalue weighted by Gasteiger charge is -2.15. The lowest BCUT2D eigenvalue weighted by atomic mass is 10.2. The van der Waals surface area contributed by atoms with Gasteiger partial charge in [0, 0.05) is 12.6 Å². The predicted molar refractivity (Wildman–Crippen MR) is 43.1 cm³/mol. The normalized spacial score (nSPS) is 53.4. The van der Waals surface area contributed by atoms with Crippen LogP contribution in [-0.2, 0) is 0 Å². The molecular weight excluding hydrogens is 146 g/mol. The van der Waals surface area contributed by atoms with E-state index in [1.165, 1.54) is 6.42 Å². The van der Waals surface area contributed by atoms with Gasteiger partial charge in [-0.25, -0.2) is 0 Å². The molecule has 0 aromatic carbocycles. The Kier molecular flexibility index (Phi) is 1.66. The van der Waals surface area contributed by atoms with E-state index in [2.05, 4.69) is 17.5 Å². The first-order valence-electron chi connectivity index (χ1n) is 3.91. The van der Waals surface area contributed by atoms with Crippen LogP contribution in [-0.4, -0.2) is 34.1 Å². The minimum absolute atomic E-state index is 0.0721. The van der Waals surface area contributed by atoms with E-state index in [9.17, 15) is 5.11 Å². The van der Waals surface area contributed by atoms with Crippen molar-refractivity contribution in [3.05, 3.63) is 0 Å². The van der Waals surface area contributed by atoms with Gasteiger partial charge in [-0.05, 0) is 19.3 Å². The molecule has 0 aromatic heterocycles. The van der Waals surface area contributed by atoms with Gasteiger partial charge in [-0.3, -0.25) is 4.90 Å². The Morgan fingerprint density at radius 3 is 2.50 bits per heavy atom. The minimum Gasteiger partial charge on any atom is -0.391 e. The third-order valence-corrected chi connectivity index (χ3v) is 2.95. The van der Waals surface area contributed by atoms with Crippen LogP contribution in [0.15, 0.2) is 0 Å². The van der Waals surface area contributed by atoms with E-state index in [1.54, 1.807) is 0 Å². The molecule has 2 nitrogen and oxygen atoms in total. The average molecular weight is 159 g/mol. The molecule has 0 spiro atoms. The van der Waals surface area contributed by atoms with Crippen molar-refractivity contribution < 1.29 is 5.11 Å². The van der Waals surface area contributed by atoms with E-state index in [-0.39, 0.29) is 6.10 Å². The van der Waals surface area contributed by atoms with Crippen LogP contribution in [0, 0.1) is 0 Å². The van der Waals surface area contributed by atoms with Gasteiger partial charge in [-0.15, -0.1) is 0 Å². The van der Waals surface area contributed by atoms with Crippen molar-refractivity contribution in [1.82, 2.24) is 4.90 Å². The van der Waals surface area contributed by atoms with Crippen LogP contribution < -0.4 is 0 Å². The van der Waals surface area contributed by atoms with Crippen molar-refractivity contribution in [2.45, 2.75) is 36.8 Å². The minimum atomic E-state index is -0.0721. The Hall–Kier alpha value is 0.270. The predicted octanol–water partition coefficient (Wildman–Crippen LogP) is 0.471. The first-order chi connectivity index (χ1) is 4.79.